The summed E-state index contributed by atoms with van der Waals surface area (Å²) in [6, 6.07) is 8.43. The minimum Gasteiger partial charge on any atom is -0.491 e. The summed E-state index contributed by atoms with van der Waals surface area (Å²) in [4.78, 5) is 39.2. The summed E-state index contributed by atoms with van der Waals surface area (Å²) in [6.07, 6.45) is -4.65. The van der Waals surface area contributed by atoms with Crippen LogP contribution in [0.3, 0.4) is 0 Å². The van der Waals surface area contributed by atoms with Gasteiger partial charge in [0.15, 0.2) is 6.10 Å². The van der Waals surface area contributed by atoms with Gasteiger partial charge in [0.25, 0.3) is 0 Å². The maximum atomic E-state index is 13.7. The third kappa shape index (κ3) is 5.53. The van der Waals surface area contributed by atoms with Crippen molar-refractivity contribution in [3.05, 3.63) is 71.5 Å². The molecule has 0 spiro atoms. The van der Waals surface area contributed by atoms with Gasteiger partial charge in [-0.05, 0) is 55.5 Å². The fourth-order valence-electron chi connectivity index (χ4n) is 7.66. The van der Waals surface area contributed by atoms with Crippen molar-refractivity contribution in [2.45, 2.75) is 104 Å². The van der Waals surface area contributed by atoms with Crippen LogP contribution in [0.5, 0.6) is 0 Å². The summed E-state index contributed by atoms with van der Waals surface area (Å²) < 4.78 is 24.6. The summed E-state index contributed by atoms with van der Waals surface area (Å²) in [5.74, 6) is -2.40. The van der Waals surface area contributed by atoms with Crippen molar-refractivity contribution >= 4 is 17.9 Å². The summed E-state index contributed by atoms with van der Waals surface area (Å²) in [7, 11) is 0. The van der Waals surface area contributed by atoms with Crippen molar-refractivity contribution in [1.82, 2.24) is 0 Å². The van der Waals surface area contributed by atoms with Crippen LogP contribution in [0.2, 0.25) is 0 Å². The number of fused-ring (bicyclic) bond motifs is 3. The molecular formula is C34H44O9. The third-order valence-electron chi connectivity index (χ3n) is 9.81. The van der Waals surface area contributed by atoms with Crippen LogP contribution in [0.25, 0.3) is 0 Å². The summed E-state index contributed by atoms with van der Waals surface area (Å²) in [5.41, 5.74) is -2.36. The standard InChI is InChI=1S/C34H44O9/c1-18(2)40-25-17-34(39)29(43-31(38)23-13-11-10-12-14-23)27-19(3)24(37)15-16-33(27,9)30(42-22(6)36)28(41-21(5)35)26(20(25)4)32(34,7)8/h10-14,24-25,27-30,37,39H,1,3,15-17H2,2,4-9H3. The first-order chi connectivity index (χ1) is 20.0. The van der Waals surface area contributed by atoms with E-state index in [0.29, 0.717) is 28.9 Å². The first kappa shape index (κ1) is 32.5. The largest absolute Gasteiger partial charge is 0.491 e. The maximum Gasteiger partial charge on any atom is 0.338 e. The van der Waals surface area contributed by atoms with E-state index in [4.69, 9.17) is 18.9 Å². The molecule has 0 aliphatic heterocycles. The molecule has 9 heteroatoms. The van der Waals surface area contributed by atoms with E-state index in [1.54, 1.807) is 51.1 Å². The lowest BCUT2D eigenvalue weighted by Gasteiger charge is -2.63. The number of allylic oxidation sites excluding steroid dienone is 1. The molecule has 8 unspecified atom stereocenters. The van der Waals surface area contributed by atoms with Gasteiger partial charge in [-0.25, -0.2) is 4.79 Å². The first-order valence-corrected chi connectivity index (χ1v) is 14.7. The Balaban J connectivity index is 2.09. The molecule has 234 valence electrons. The fraction of sp³-hybridized carbons (Fsp3) is 0.559. The molecule has 0 heterocycles. The molecule has 0 aromatic heterocycles. The lowest BCUT2D eigenvalue weighted by molar-refractivity contribution is -0.233. The Hall–Kier alpha value is -3.43. The van der Waals surface area contributed by atoms with Crippen LogP contribution in [-0.2, 0) is 28.5 Å². The van der Waals surface area contributed by atoms with E-state index in [9.17, 15) is 24.6 Å². The number of rotatable bonds is 6. The molecule has 3 aliphatic carbocycles. The first-order valence-electron chi connectivity index (χ1n) is 14.7. The van der Waals surface area contributed by atoms with Gasteiger partial charge >= 0.3 is 17.9 Å². The number of carbonyl (C=O) groups is 3. The Bertz CT molecular complexity index is 1340. The second kappa shape index (κ2) is 11.6. The monoisotopic (exact) mass is 596 g/mol. The van der Waals surface area contributed by atoms with E-state index >= 15 is 0 Å². The van der Waals surface area contributed by atoms with Gasteiger partial charge in [0, 0.05) is 37.0 Å². The summed E-state index contributed by atoms with van der Waals surface area (Å²) >= 11 is 0. The molecule has 2 fully saturated rings. The van der Waals surface area contributed by atoms with Crippen molar-refractivity contribution in [2.24, 2.45) is 16.7 Å². The van der Waals surface area contributed by atoms with Gasteiger partial charge in [0.2, 0.25) is 0 Å². The van der Waals surface area contributed by atoms with Gasteiger partial charge in [-0.1, -0.05) is 52.1 Å². The molecule has 1 aromatic carbocycles. The minimum atomic E-state index is -1.84. The molecule has 2 bridgehead atoms. The number of hydrogen-bond acceptors (Lipinski definition) is 9. The van der Waals surface area contributed by atoms with Crippen molar-refractivity contribution < 1.29 is 43.5 Å². The molecular weight excluding hydrogens is 552 g/mol. The highest BCUT2D eigenvalue weighted by atomic mass is 16.6. The Morgan fingerprint density at radius 2 is 1.53 bits per heavy atom. The Morgan fingerprint density at radius 3 is 2.09 bits per heavy atom. The number of hydrogen-bond donors (Lipinski definition) is 2. The SMILES string of the molecule is C=C(C)OC1CC2(O)C(OC(=O)c3ccccc3)C3C(=C)C(O)CCC3(C)C(OC(C)=O)C(OC(C)=O)C(=C1C)C2(C)C. The van der Waals surface area contributed by atoms with Crippen LogP contribution in [-0.4, -0.2) is 64.2 Å². The molecule has 9 nitrogen and oxygen atoms in total. The van der Waals surface area contributed by atoms with Gasteiger partial charge in [-0.2, -0.15) is 0 Å². The van der Waals surface area contributed by atoms with Crippen molar-refractivity contribution in [3.63, 3.8) is 0 Å². The van der Waals surface area contributed by atoms with E-state index in [0.717, 1.165) is 0 Å². The van der Waals surface area contributed by atoms with Gasteiger partial charge in [0.1, 0.15) is 23.9 Å². The highest BCUT2D eigenvalue weighted by molar-refractivity contribution is 5.89. The topological polar surface area (TPSA) is 129 Å². The van der Waals surface area contributed by atoms with Crippen LogP contribution in [0.15, 0.2) is 66.0 Å². The number of benzene rings is 1. The normalized spacial score (nSPS) is 35.0. The number of esters is 3. The van der Waals surface area contributed by atoms with Crippen molar-refractivity contribution in [2.75, 3.05) is 0 Å². The zero-order valence-corrected chi connectivity index (χ0v) is 26.1. The van der Waals surface area contributed by atoms with Crippen molar-refractivity contribution in [1.29, 1.82) is 0 Å². The second-order valence-electron chi connectivity index (χ2n) is 13.0. The molecule has 1 aromatic rings. The Labute approximate surface area is 253 Å². The zero-order valence-electron chi connectivity index (χ0n) is 26.1. The third-order valence-corrected chi connectivity index (χ3v) is 9.81. The van der Waals surface area contributed by atoms with Crippen LogP contribution < -0.4 is 0 Å². The number of carbonyl (C=O) groups excluding carboxylic acids is 3. The highest BCUT2D eigenvalue weighted by Gasteiger charge is 2.69. The van der Waals surface area contributed by atoms with Crippen molar-refractivity contribution in [3.8, 4) is 0 Å². The van der Waals surface area contributed by atoms with Gasteiger partial charge < -0.3 is 29.2 Å². The van der Waals surface area contributed by atoms with Crippen LogP contribution in [0.4, 0.5) is 0 Å². The lowest BCUT2D eigenvalue weighted by Crippen LogP contribution is -2.71. The van der Waals surface area contributed by atoms with Gasteiger partial charge in [0.05, 0.1) is 17.4 Å². The van der Waals surface area contributed by atoms with Crippen LogP contribution in [0.1, 0.15) is 78.1 Å². The Kier molecular flexibility index (Phi) is 8.75. The van der Waals surface area contributed by atoms with Gasteiger partial charge in [-0.15, -0.1) is 0 Å². The zero-order chi connectivity index (χ0) is 32.1. The molecule has 8 atom stereocenters. The lowest BCUT2D eigenvalue weighted by atomic mass is 9.47. The Morgan fingerprint density at radius 1 is 0.930 bits per heavy atom. The van der Waals surface area contributed by atoms with E-state index in [-0.39, 0.29) is 18.4 Å². The van der Waals surface area contributed by atoms with Crippen LogP contribution in [0, 0.1) is 16.7 Å². The molecule has 2 saturated carbocycles. The van der Waals surface area contributed by atoms with E-state index in [1.165, 1.54) is 13.8 Å². The average Bonchev–Trinajstić information content (AvgIpc) is 2.91. The number of aliphatic hydroxyl groups is 2. The van der Waals surface area contributed by atoms with Crippen LogP contribution >= 0.6 is 0 Å². The number of aliphatic hydroxyl groups excluding tert-OH is 1. The molecule has 3 aliphatic rings. The average molecular weight is 597 g/mol. The molecule has 0 radical (unpaired) electrons. The van der Waals surface area contributed by atoms with E-state index in [1.807, 2.05) is 13.8 Å². The molecule has 0 amide bonds. The highest BCUT2D eigenvalue weighted by Crippen LogP contribution is 2.62. The summed E-state index contributed by atoms with van der Waals surface area (Å²) in [5, 5.41) is 24.2. The fourth-order valence-corrected chi connectivity index (χ4v) is 7.66. The van der Waals surface area contributed by atoms with Gasteiger partial charge in [-0.3, -0.25) is 9.59 Å². The van der Waals surface area contributed by atoms with E-state index < -0.39 is 70.8 Å². The number of ether oxygens (including phenoxy) is 4. The summed E-state index contributed by atoms with van der Waals surface area (Å²) in [6.45, 7) is 19.6. The molecule has 0 saturated heterocycles. The molecule has 4 rings (SSSR count). The molecule has 43 heavy (non-hydrogen) atoms. The second-order valence-corrected chi connectivity index (χ2v) is 13.0. The predicted molar refractivity (Wildman–Crippen MR) is 158 cm³/mol. The maximum absolute atomic E-state index is 13.7. The minimum absolute atomic E-state index is 0.00406. The smallest absolute Gasteiger partial charge is 0.338 e. The van der Waals surface area contributed by atoms with E-state index in [2.05, 4.69) is 13.2 Å². The molecule has 2 N–H and O–H groups in total. The quantitative estimate of drug-likeness (QED) is 0.206. The predicted octanol–water partition coefficient (Wildman–Crippen LogP) is 4.82.